The van der Waals surface area contributed by atoms with E-state index in [0.29, 0.717) is 24.1 Å². The Morgan fingerprint density at radius 3 is 2.43 bits per heavy atom. The van der Waals surface area contributed by atoms with Crippen LogP contribution in [-0.4, -0.2) is 25.3 Å². The maximum Gasteiger partial charge on any atom is 0.264 e. The highest BCUT2D eigenvalue weighted by molar-refractivity contribution is 5.94. The first-order valence-corrected chi connectivity index (χ1v) is 6.78. The third-order valence-corrected chi connectivity index (χ3v) is 3.08. The van der Waals surface area contributed by atoms with E-state index in [1.807, 2.05) is 37.3 Å². The molecule has 0 saturated carbocycles. The van der Waals surface area contributed by atoms with E-state index >= 15 is 0 Å². The van der Waals surface area contributed by atoms with Gasteiger partial charge in [0.05, 0.1) is 5.56 Å². The molecule has 0 fully saturated rings. The van der Waals surface area contributed by atoms with Crippen molar-refractivity contribution in [2.24, 2.45) is 0 Å². The van der Waals surface area contributed by atoms with Crippen LogP contribution in [0.3, 0.4) is 0 Å². The van der Waals surface area contributed by atoms with Crippen molar-refractivity contribution in [2.45, 2.75) is 6.92 Å². The zero-order chi connectivity index (χ0) is 15.1. The van der Waals surface area contributed by atoms with Gasteiger partial charge in [0.25, 0.3) is 5.91 Å². The fraction of sp³-hybridized carbons (Fsp3) is 0.176. The van der Waals surface area contributed by atoms with Gasteiger partial charge in [-0.2, -0.15) is 0 Å². The number of anilines is 1. The highest BCUT2D eigenvalue weighted by atomic mass is 16.5. The molecule has 0 atom stereocenters. The van der Waals surface area contributed by atoms with Crippen LogP contribution in [0.1, 0.15) is 17.3 Å². The number of amides is 1. The minimum Gasteiger partial charge on any atom is -0.483 e. The number of hydrogen-bond donors (Lipinski definition) is 0. The van der Waals surface area contributed by atoms with Crippen LogP contribution in [0, 0.1) is 0 Å². The number of benzene rings is 2. The first-order valence-electron chi connectivity index (χ1n) is 6.78. The lowest BCUT2D eigenvalue weighted by molar-refractivity contribution is -0.120. The third kappa shape index (κ3) is 3.69. The monoisotopic (exact) mass is 283 g/mol. The SMILES string of the molecule is CCN(C(=O)COc1ccccc1C=O)c1ccccc1. The smallest absolute Gasteiger partial charge is 0.264 e. The highest BCUT2D eigenvalue weighted by Crippen LogP contribution is 2.17. The summed E-state index contributed by atoms with van der Waals surface area (Å²) in [6, 6.07) is 16.3. The van der Waals surface area contributed by atoms with Gasteiger partial charge in [0.2, 0.25) is 0 Å². The number of likely N-dealkylation sites (N-methyl/N-ethyl adjacent to an activating group) is 1. The predicted octanol–water partition coefficient (Wildman–Crippen LogP) is 2.93. The van der Waals surface area contributed by atoms with E-state index in [1.165, 1.54) is 0 Å². The standard InChI is InChI=1S/C17H17NO3/c1-2-18(15-9-4-3-5-10-15)17(20)13-21-16-11-7-6-8-14(16)12-19/h3-12H,2,13H2,1H3. The number of carbonyl (C=O) groups excluding carboxylic acids is 2. The molecule has 1 amide bonds. The fourth-order valence-electron chi connectivity index (χ4n) is 2.04. The number of ether oxygens (including phenoxy) is 1. The van der Waals surface area contributed by atoms with E-state index in [-0.39, 0.29) is 12.5 Å². The summed E-state index contributed by atoms with van der Waals surface area (Å²) in [4.78, 5) is 24.8. The summed E-state index contributed by atoms with van der Waals surface area (Å²) in [7, 11) is 0. The van der Waals surface area contributed by atoms with Gasteiger partial charge in [-0.25, -0.2) is 0 Å². The van der Waals surface area contributed by atoms with Crippen LogP contribution in [0.2, 0.25) is 0 Å². The summed E-state index contributed by atoms with van der Waals surface area (Å²) in [6.45, 7) is 2.36. The molecule has 0 saturated heterocycles. The van der Waals surface area contributed by atoms with Crippen molar-refractivity contribution < 1.29 is 14.3 Å². The molecule has 4 nitrogen and oxygen atoms in total. The maximum atomic E-state index is 12.3. The first-order chi connectivity index (χ1) is 10.3. The highest BCUT2D eigenvalue weighted by Gasteiger charge is 2.14. The van der Waals surface area contributed by atoms with Crippen molar-refractivity contribution in [3.05, 3.63) is 60.2 Å². The zero-order valence-electron chi connectivity index (χ0n) is 11.9. The van der Waals surface area contributed by atoms with Gasteiger partial charge >= 0.3 is 0 Å². The van der Waals surface area contributed by atoms with Crippen molar-refractivity contribution in [3.8, 4) is 5.75 Å². The number of nitrogens with zero attached hydrogens (tertiary/aromatic N) is 1. The molecule has 0 aliphatic rings. The largest absolute Gasteiger partial charge is 0.483 e. The Morgan fingerprint density at radius 2 is 1.76 bits per heavy atom. The maximum absolute atomic E-state index is 12.3. The molecule has 0 aliphatic carbocycles. The molecule has 2 aromatic carbocycles. The van der Waals surface area contributed by atoms with Crippen molar-refractivity contribution in [1.82, 2.24) is 0 Å². The Kier molecular flexibility index (Phi) is 5.10. The number of aldehydes is 1. The molecule has 108 valence electrons. The van der Waals surface area contributed by atoms with Gasteiger partial charge in [-0.3, -0.25) is 9.59 Å². The minimum atomic E-state index is -0.149. The van der Waals surface area contributed by atoms with Crippen LogP contribution >= 0.6 is 0 Å². The van der Waals surface area contributed by atoms with Crippen LogP contribution < -0.4 is 9.64 Å². The summed E-state index contributed by atoms with van der Waals surface area (Å²) in [5, 5.41) is 0. The molecule has 0 heterocycles. The number of para-hydroxylation sites is 2. The Balaban J connectivity index is 2.05. The summed E-state index contributed by atoms with van der Waals surface area (Å²) >= 11 is 0. The average molecular weight is 283 g/mol. The van der Waals surface area contributed by atoms with E-state index in [4.69, 9.17) is 4.74 Å². The van der Waals surface area contributed by atoms with Crippen LogP contribution in [-0.2, 0) is 4.79 Å². The Labute approximate surface area is 124 Å². The quantitative estimate of drug-likeness (QED) is 0.766. The van der Waals surface area contributed by atoms with Crippen LogP contribution in [0.4, 0.5) is 5.69 Å². The topological polar surface area (TPSA) is 46.6 Å². The van der Waals surface area contributed by atoms with Crippen LogP contribution in [0.5, 0.6) is 5.75 Å². The second kappa shape index (κ2) is 7.24. The number of hydrogen-bond acceptors (Lipinski definition) is 3. The normalized spacial score (nSPS) is 9.95. The lowest BCUT2D eigenvalue weighted by Gasteiger charge is -2.21. The van der Waals surface area contributed by atoms with Gasteiger partial charge in [0.15, 0.2) is 12.9 Å². The average Bonchev–Trinajstić information content (AvgIpc) is 2.55. The van der Waals surface area contributed by atoms with Gasteiger partial charge in [-0.05, 0) is 31.2 Å². The van der Waals surface area contributed by atoms with Crippen molar-refractivity contribution >= 4 is 17.9 Å². The van der Waals surface area contributed by atoms with Crippen molar-refractivity contribution in [1.29, 1.82) is 0 Å². The Morgan fingerprint density at radius 1 is 1.10 bits per heavy atom. The second-order valence-corrected chi connectivity index (χ2v) is 4.42. The van der Waals surface area contributed by atoms with E-state index in [2.05, 4.69) is 0 Å². The number of rotatable bonds is 6. The van der Waals surface area contributed by atoms with Crippen molar-refractivity contribution in [2.75, 3.05) is 18.1 Å². The zero-order valence-corrected chi connectivity index (χ0v) is 11.9. The van der Waals surface area contributed by atoms with Gasteiger partial charge in [0.1, 0.15) is 5.75 Å². The molecule has 0 spiro atoms. The van der Waals surface area contributed by atoms with Crippen molar-refractivity contribution in [3.63, 3.8) is 0 Å². The predicted molar refractivity (Wildman–Crippen MR) is 81.8 cm³/mol. The van der Waals surface area contributed by atoms with E-state index in [1.54, 1.807) is 29.2 Å². The molecule has 21 heavy (non-hydrogen) atoms. The lowest BCUT2D eigenvalue weighted by Crippen LogP contribution is -2.34. The lowest BCUT2D eigenvalue weighted by atomic mass is 10.2. The van der Waals surface area contributed by atoms with E-state index in [9.17, 15) is 9.59 Å². The van der Waals surface area contributed by atoms with Gasteiger partial charge in [-0.15, -0.1) is 0 Å². The summed E-state index contributed by atoms with van der Waals surface area (Å²) < 4.78 is 5.47. The van der Waals surface area contributed by atoms with Gasteiger partial charge in [-0.1, -0.05) is 30.3 Å². The molecule has 2 rings (SSSR count). The molecular formula is C17H17NO3. The Hall–Kier alpha value is -2.62. The number of carbonyl (C=O) groups is 2. The van der Waals surface area contributed by atoms with Gasteiger partial charge in [0, 0.05) is 12.2 Å². The molecule has 0 bridgehead atoms. The van der Waals surface area contributed by atoms with E-state index < -0.39 is 0 Å². The summed E-state index contributed by atoms with van der Waals surface area (Å²) in [5.41, 5.74) is 1.27. The third-order valence-electron chi connectivity index (χ3n) is 3.08. The molecule has 0 unspecified atom stereocenters. The van der Waals surface area contributed by atoms with E-state index in [0.717, 1.165) is 5.69 Å². The molecule has 0 N–H and O–H groups in total. The molecule has 0 aromatic heterocycles. The summed E-state index contributed by atoms with van der Waals surface area (Å²) in [6.07, 6.45) is 0.717. The second-order valence-electron chi connectivity index (χ2n) is 4.42. The summed E-state index contributed by atoms with van der Waals surface area (Å²) in [5.74, 6) is 0.273. The molecule has 0 radical (unpaired) electrons. The Bertz CT molecular complexity index is 610. The van der Waals surface area contributed by atoms with Crippen LogP contribution in [0.25, 0.3) is 0 Å². The molecular weight excluding hydrogens is 266 g/mol. The molecule has 2 aromatic rings. The minimum absolute atomic E-state index is 0.104. The van der Waals surface area contributed by atoms with Gasteiger partial charge < -0.3 is 9.64 Å². The first kappa shape index (κ1) is 14.8. The van der Waals surface area contributed by atoms with Crippen LogP contribution in [0.15, 0.2) is 54.6 Å². The molecule has 0 aliphatic heterocycles. The molecule has 4 heteroatoms. The fourth-order valence-corrected chi connectivity index (χ4v) is 2.04.